The third-order valence-corrected chi connectivity index (χ3v) is 24.5. The molecule has 0 unspecified atom stereocenters. The van der Waals surface area contributed by atoms with Crippen molar-refractivity contribution in [3.63, 3.8) is 0 Å². The Kier molecular flexibility index (Phi) is 14.1. The topological polar surface area (TPSA) is 19.7 Å². The van der Waals surface area contributed by atoms with Crippen LogP contribution in [0.25, 0.3) is 230 Å². The number of nitrogens with zero attached hydrogens (tertiary/aromatic N) is 4. The summed E-state index contributed by atoms with van der Waals surface area (Å²) in [4.78, 5) is 0. The third kappa shape index (κ3) is 9.71. The summed E-state index contributed by atoms with van der Waals surface area (Å²) in [5.41, 5.74) is 21.6. The summed E-state index contributed by atoms with van der Waals surface area (Å²) in [5, 5.41) is 30.6. The fourth-order valence-corrected chi connectivity index (χ4v) is 19.4. The molecule has 0 amide bonds. The average Bonchev–Trinajstić information content (AvgIpc) is 1.03. The SMILES string of the molecule is c1ccc(-n2c3ccccc3c3ccc(-c4ccc5c(c4)c4ccccc4n5-c4cc5c6ccccc6c6ccccc6c5c5c4ccc4ccccc45)cc32)cc1.c1ccc(-n2c3ccccc3c3ccc(-c4ccc5c(c4)c4ccccc4n5-c4ccc(-c5ccc6c(ccc7c8ccccc8ccc67)c5)cc4)cc32)cc1. The quantitative estimate of drug-likeness (QED) is 0.142. The molecular formula is C110H68N4. The molecule has 0 aliphatic carbocycles. The normalized spacial score (nSPS) is 12.0. The fraction of sp³-hybridized carbons (Fsp3) is 0. The van der Waals surface area contributed by atoms with Crippen LogP contribution in [-0.2, 0) is 0 Å². The largest absolute Gasteiger partial charge is 0.309 e. The lowest BCUT2D eigenvalue weighted by molar-refractivity contribution is 1.18. The van der Waals surface area contributed by atoms with E-state index in [2.05, 4.69) is 431 Å². The monoisotopic (exact) mass is 1440 g/mol. The van der Waals surface area contributed by atoms with E-state index in [1.807, 2.05) is 0 Å². The Hall–Kier alpha value is -15.1. The van der Waals surface area contributed by atoms with Crippen molar-refractivity contribution in [1.29, 1.82) is 0 Å². The predicted molar refractivity (Wildman–Crippen MR) is 487 cm³/mol. The molecule has 4 aromatic heterocycles. The van der Waals surface area contributed by atoms with Crippen molar-refractivity contribution in [3.05, 3.63) is 413 Å². The van der Waals surface area contributed by atoms with Gasteiger partial charge in [-0.05, 0) is 218 Å². The molecule has 0 aliphatic heterocycles. The van der Waals surface area contributed by atoms with Crippen molar-refractivity contribution in [1.82, 2.24) is 18.3 Å². The van der Waals surface area contributed by atoms with Gasteiger partial charge in [-0.15, -0.1) is 0 Å². The van der Waals surface area contributed by atoms with Crippen LogP contribution in [0, 0.1) is 0 Å². The third-order valence-electron chi connectivity index (χ3n) is 24.5. The summed E-state index contributed by atoms with van der Waals surface area (Å²) in [6.07, 6.45) is 0. The second-order valence-electron chi connectivity index (χ2n) is 30.6. The van der Waals surface area contributed by atoms with Gasteiger partial charge in [0.25, 0.3) is 0 Å². The summed E-state index contributed by atoms with van der Waals surface area (Å²) < 4.78 is 9.72. The Morgan fingerprint density at radius 1 is 0.123 bits per heavy atom. The smallest absolute Gasteiger partial charge is 0.0547 e. The number of fused-ring (bicyclic) bond motifs is 27. The molecule has 0 radical (unpaired) electrons. The lowest BCUT2D eigenvalue weighted by Crippen LogP contribution is -1.97. The Labute approximate surface area is 655 Å². The van der Waals surface area contributed by atoms with Crippen LogP contribution in [0.3, 0.4) is 0 Å². The molecule has 25 rings (SSSR count). The van der Waals surface area contributed by atoms with E-state index in [1.165, 1.54) is 224 Å². The van der Waals surface area contributed by atoms with Gasteiger partial charge in [0, 0.05) is 70.9 Å². The molecule has 0 fully saturated rings. The van der Waals surface area contributed by atoms with E-state index < -0.39 is 0 Å². The number of rotatable bonds is 7. The molecule has 528 valence electrons. The van der Waals surface area contributed by atoms with Gasteiger partial charge in [-0.3, -0.25) is 0 Å². The number of hydrogen-bond acceptors (Lipinski definition) is 0. The maximum Gasteiger partial charge on any atom is 0.0547 e. The second kappa shape index (κ2) is 25.2. The minimum atomic E-state index is 1.15. The van der Waals surface area contributed by atoms with Crippen molar-refractivity contribution in [2.24, 2.45) is 0 Å². The van der Waals surface area contributed by atoms with Crippen LogP contribution in [0.1, 0.15) is 0 Å². The van der Waals surface area contributed by atoms with Gasteiger partial charge in [0.1, 0.15) is 0 Å². The van der Waals surface area contributed by atoms with E-state index in [-0.39, 0.29) is 0 Å². The lowest BCUT2D eigenvalue weighted by Gasteiger charge is -2.19. The summed E-state index contributed by atoms with van der Waals surface area (Å²) in [7, 11) is 0. The number of benzene rings is 21. The highest BCUT2D eigenvalue weighted by Crippen LogP contribution is 2.48. The van der Waals surface area contributed by atoms with E-state index in [1.54, 1.807) is 0 Å². The van der Waals surface area contributed by atoms with Gasteiger partial charge in [0.05, 0.1) is 49.8 Å². The zero-order chi connectivity index (χ0) is 74.6. The number of para-hydroxylation sites is 6. The first-order valence-electron chi connectivity index (χ1n) is 39.4. The molecule has 114 heavy (non-hydrogen) atoms. The highest BCUT2D eigenvalue weighted by Gasteiger charge is 2.23. The van der Waals surface area contributed by atoms with Gasteiger partial charge in [-0.25, -0.2) is 0 Å². The minimum Gasteiger partial charge on any atom is -0.309 e. The molecule has 25 aromatic rings. The molecule has 4 heterocycles. The average molecular weight is 1450 g/mol. The maximum atomic E-state index is 2.52. The van der Waals surface area contributed by atoms with Crippen molar-refractivity contribution in [2.45, 2.75) is 0 Å². The summed E-state index contributed by atoms with van der Waals surface area (Å²) in [6.45, 7) is 0. The van der Waals surface area contributed by atoms with Gasteiger partial charge >= 0.3 is 0 Å². The van der Waals surface area contributed by atoms with Gasteiger partial charge in [0.15, 0.2) is 0 Å². The molecule has 21 aromatic carbocycles. The fourth-order valence-electron chi connectivity index (χ4n) is 19.4. The molecule has 0 saturated carbocycles. The van der Waals surface area contributed by atoms with Crippen LogP contribution in [0.15, 0.2) is 413 Å². The van der Waals surface area contributed by atoms with Crippen LogP contribution >= 0.6 is 0 Å². The standard InChI is InChI=1S/C56H34N2.C54H34N2/c1-2-15-38(16-3-1)57-50-24-12-10-21-43(50)45-29-27-37(33-53(45)57)36-28-31-52-48(32-36)44-22-11-13-25-51(44)58(52)54-34-49-42-20-7-6-18-40(42)41-19-8-9-23-46(41)56(49)55-39-17-5-4-14-35(39)26-30-47(54)55;1-2-11-41(12-3-1)56-51-16-8-6-14-47(51)49-30-22-39(34-54(49)56)38-24-31-53-50(33-38)48-15-7-9-17-52(48)55(53)42-25-18-35(19-26-42)37-21-27-44-40(32-37)23-29-45-43-13-5-4-10-36(43)20-28-46(44)45/h1-34H;1-34H. The number of aromatic nitrogens is 4. The summed E-state index contributed by atoms with van der Waals surface area (Å²) >= 11 is 0. The number of hydrogen-bond donors (Lipinski definition) is 0. The zero-order valence-electron chi connectivity index (χ0n) is 62.0. The molecule has 0 saturated heterocycles. The zero-order valence-corrected chi connectivity index (χ0v) is 62.0. The first kappa shape index (κ1) is 63.8. The van der Waals surface area contributed by atoms with Crippen molar-refractivity contribution in [2.75, 3.05) is 0 Å². The predicted octanol–water partition coefficient (Wildman–Crippen LogP) is 30.0. The molecule has 4 nitrogen and oxygen atoms in total. The molecular weight excluding hydrogens is 1380 g/mol. The van der Waals surface area contributed by atoms with Gasteiger partial charge in [-0.1, -0.05) is 303 Å². The van der Waals surface area contributed by atoms with Gasteiger partial charge in [0.2, 0.25) is 0 Å². The van der Waals surface area contributed by atoms with Crippen LogP contribution in [0.2, 0.25) is 0 Å². The van der Waals surface area contributed by atoms with Gasteiger partial charge < -0.3 is 18.3 Å². The van der Waals surface area contributed by atoms with Crippen LogP contribution in [0.5, 0.6) is 0 Å². The molecule has 0 bridgehead atoms. The lowest BCUT2D eigenvalue weighted by atomic mass is 9.88. The highest BCUT2D eigenvalue weighted by molar-refractivity contribution is 6.36. The van der Waals surface area contributed by atoms with Crippen LogP contribution in [0.4, 0.5) is 0 Å². The van der Waals surface area contributed by atoms with Gasteiger partial charge in [-0.2, -0.15) is 0 Å². The van der Waals surface area contributed by atoms with Crippen molar-refractivity contribution >= 4 is 173 Å². The van der Waals surface area contributed by atoms with E-state index in [4.69, 9.17) is 0 Å². The first-order valence-corrected chi connectivity index (χ1v) is 39.4. The molecule has 4 heteroatoms. The molecule has 0 atom stereocenters. The van der Waals surface area contributed by atoms with E-state index >= 15 is 0 Å². The second-order valence-corrected chi connectivity index (χ2v) is 30.6. The molecule has 0 spiro atoms. The summed E-state index contributed by atoms with van der Waals surface area (Å²) in [6, 6.07) is 152. The van der Waals surface area contributed by atoms with Crippen LogP contribution < -0.4 is 0 Å². The minimum absolute atomic E-state index is 1.15. The Bertz CT molecular complexity index is 8330. The Morgan fingerprint density at radius 3 is 0.965 bits per heavy atom. The van der Waals surface area contributed by atoms with E-state index in [0.29, 0.717) is 0 Å². The maximum absolute atomic E-state index is 2.52. The molecule has 0 N–H and O–H groups in total. The van der Waals surface area contributed by atoms with E-state index in [9.17, 15) is 0 Å². The van der Waals surface area contributed by atoms with Crippen molar-refractivity contribution in [3.8, 4) is 56.1 Å². The summed E-state index contributed by atoms with van der Waals surface area (Å²) in [5.74, 6) is 0. The highest BCUT2D eigenvalue weighted by atomic mass is 15.0. The van der Waals surface area contributed by atoms with Crippen molar-refractivity contribution < 1.29 is 0 Å². The van der Waals surface area contributed by atoms with E-state index in [0.717, 1.165) is 5.69 Å². The Morgan fingerprint density at radius 2 is 0.421 bits per heavy atom. The first-order chi connectivity index (χ1) is 56.6. The molecule has 0 aliphatic rings. The Balaban J connectivity index is 0.000000132. The van der Waals surface area contributed by atoms with Crippen LogP contribution in [-0.4, -0.2) is 18.3 Å².